The summed E-state index contributed by atoms with van der Waals surface area (Å²) in [5.74, 6) is 1.80. The van der Waals surface area contributed by atoms with Crippen LogP contribution in [0.1, 0.15) is 45.4 Å². The second-order valence-corrected chi connectivity index (χ2v) is 5.60. The summed E-state index contributed by atoms with van der Waals surface area (Å²) in [6.45, 7) is 11.7. The van der Waals surface area contributed by atoms with Gasteiger partial charge in [-0.3, -0.25) is 4.90 Å². The molecule has 0 aliphatic rings. The lowest BCUT2D eigenvalue weighted by Gasteiger charge is -2.25. The molecule has 1 atom stereocenters. The molecule has 1 unspecified atom stereocenters. The Morgan fingerprint density at radius 2 is 2.06 bits per heavy atom. The Hall–Kier alpha value is -0.800. The van der Waals surface area contributed by atoms with Gasteiger partial charge in [-0.25, -0.2) is 0 Å². The summed E-state index contributed by atoms with van der Waals surface area (Å²) in [6.07, 6.45) is 3.08. The number of nitrogens with zero attached hydrogens (tertiary/aromatic N) is 1. The fourth-order valence-electron chi connectivity index (χ4n) is 2.13. The Morgan fingerprint density at radius 3 is 2.67 bits per heavy atom. The number of nitrogens with one attached hydrogen (secondary N) is 1. The van der Waals surface area contributed by atoms with Crippen molar-refractivity contribution >= 4 is 0 Å². The molecule has 0 saturated carbocycles. The quantitative estimate of drug-likeness (QED) is 0.770. The van der Waals surface area contributed by atoms with Gasteiger partial charge in [0.2, 0.25) is 0 Å². The first kappa shape index (κ1) is 15.3. The van der Waals surface area contributed by atoms with E-state index in [-0.39, 0.29) is 0 Å². The van der Waals surface area contributed by atoms with Crippen LogP contribution in [0, 0.1) is 5.92 Å². The van der Waals surface area contributed by atoms with Crippen molar-refractivity contribution < 1.29 is 4.42 Å². The number of furan rings is 1. The van der Waals surface area contributed by atoms with E-state index >= 15 is 0 Å². The van der Waals surface area contributed by atoms with E-state index in [1.807, 2.05) is 6.26 Å². The molecule has 0 bridgehead atoms. The van der Waals surface area contributed by atoms with Crippen LogP contribution in [0.5, 0.6) is 0 Å². The van der Waals surface area contributed by atoms with E-state index in [1.54, 1.807) is 0 Å². The van der Waals surface area contributed by atoms with Crippen LogP contribution in [0.2, 0.25) is 0 Å². The lowest BCUT2D eigenvalue weighted by atomic mass is 10.0. The van der Waals surface area contributed by atoms with Gasteiger partial charge < -0.3 is 9.73 Å². The average molecular weight is 252 g/mol. The third-order valence-electron chi connectivity index (χ3n) is 3.26. The lowest BCUT2D eigenvalue weighted by Crippen LogP contribution is -2.29. The van der Waals surface area contributed by atoms with Crippen molar-refractivity contribution in [2.75, 3.05) is 13.6 Å². The van der Waals surface area contributed by atoms with Gasteiger partial charge in [-0.15, -0.1) is 0 Å². The van der Waals surface area contributed by atoms with Crippen molar-refractivity contribution in [2.24, 2.45) is 5.92 Å². The van der Waals surface area contributed by atoms with E-state index in [0.717, 1.165) is 31.3 Å². The van der Waals surface area contributed by atoms with E-state index in [2.05, 4.69) is 51.0 Å². The van der Waals surface area contributed by atoms with Crippen molar-refractivity contribution in [1.29, 1.82) is 0 Å². The largest absolute Gasteiger partial charge is 0.468 e. The topological polar surface area (TPSA) is 28.4 Å². The molecule has 0 aromatic carbocycles. The lowest BCUT2D eigenvalue weighted by molar-refractivity contribution is 0.205. The monoisotopic (exact) mass is 252 g/mol. The van der Waals surface area contributed by atoms with Gasteiger partial charge in [-0.2, -0.15) is 0 Å². The van der Waals surface area contributed by atoms with E-state index < -0.39 is 0 Å². The van der Waals surface area contributed by atoms with Crippen LogP contribution in [0.3, 0.4) is 0 Å². The molecule has 0 saturated heterocycles. The maximum Gasteiger partial charge on any atom is 0.118 e. The Bertz CT molecular complexity index is 333. The standard InChI is InChI=1S/C15H28N2O/c1-6-16-9-14-8-15(18-11-14)10-17(5)13(4)7-12(2)3/h8,11-13,16H,6-7,9-10H2,1-5H3. The first-order valence-corrected chi connectivity index (χ1v) is 7.00. The number of hydrogen-bond acceptors (Lipinski definition) is 3. The van der Waals surface area contributed by atoms with Crippen molar-refractivity contribution in [3.05, 3.63) is 23.7 Å². The maximum atomic E-state index is 5.61. The first-order chi connectivity index (χ1) is 8.52. The highest BCUT2D eigenvalue weighted by Gasteiger charge is 2.13. The van der Waals surface area contributed by atoms with Crippen LogP contribution >= 0.6 is 0 Å². The molecule has 1 aromatic heterocycles. The Morgan fingerprint density at radius 1 is 1.33 bits per heavy atom. The summed E-state index contributed by atoms with van der Waals surface area (Å²) < 4.78 is 5.61. The van der Waals surface area contributed by atoms with Crippen LogP contribution in [0.15, 0.2) is 16.7 Å². The maximum absolute atomic E-state index is 5.61. The highest BCUT2D eigenvalue weighted by atomic mass is 16.3. The minimum absolute atomic E-state index is 0.590. The fourth-order valence-corrected chi connectivity index (χ4v) is 2.13. The van der Waals surface area contributed by atoms with Crippen LogP contribution < -0.4 is 5.32 Å². The first-order valence-electron chi connectivity index (χ1n) is 7.00. The molecule has 0 fully saturated rings. The highest BCUT2D eigenvalue weighted by Crippen LogP contribution is 2.15. The fraction of sp³-hybridized carbons (Fsp3) is 0.733. The molecule has 18 heavy (non-hydrogen) atoms. The molecule has 0 spiro atoms. The second-order valence-electron chi connectivity index (χ2n) is 5.60. The summed E-state index contributed by atoms with van der Waals surface area (Å²) in [5, 5.41) is 3.31. The summed E-state index contributed by atoms with van der Waals surface area (Å²) in [4.78, 5) is 2.36. The molecule has 0 aliphatic heterocycles. The van der Waals surface area contributed by atoms with Crippen LogP contribution in [-0.2, 0) is 13.1 Å². The summed E-state index contributed by atoms with van der Waals surface area (Å²) >= 11 is 0. The van der Waals surface area contributed by atoms with Gasteiger partial charge in [0.15, 0.2) is 0 Å². The van der Waals surface area contributed by atoms with Gasteiger partial charge in [-0.05, 0) is 38.9 Å². The van der Waals surface area contributed by atoms with Gasteiger partial charge in [0.1, 0.15) is 5.76 Å². The molecule has 0 amide bonds. The van der Waals surface area contributed by atoms with Crippen molar-refractivity contribution in [3.63, 3.8) is 0 Å². The zero-order valence-electron chi connectivity index (χ0n) is 12.5. The average Bonchev–Trinajstić information content (AvgIpc) is 2.73. The van der Waals surface area contributed by atoms with E-state index in [1.165, 1.54) is 12.0 Å². The Balaban J connectivity index is 2.43. The Kier molecular flexibility index (Phi) is 6.44. The zero-order valence-corrected chi connectivity index (χ0v) is 12.5. The minimum Gasteiger partial charge on any atom is -0.468 e. The van der Waals surface area contributed by atoms with Gasteiger partial charge in [0.25, 0.3) is 0 Å². The molecular weight excluding hydrogens is 224 g/mol. The summed E-state index contributed by atoms with van der Waals surface area (Å²) in [5.41, 5.74) is 1.23. The predicted octanol–water partition coefficient (Wildman–Crippen LogP) is 3.26. The third kappa shape index (κ3) is 5.23. The molecule has 0 aliphatic carbocycles. The normalized spacial score (nSPS) is 13.5. The smallest absolute Gasteiger partial charge is 0.118 e. The molecule has 3 heteroatoms. The number of rotatable bonds is 8. The minimum atomic E-state index is 0.590. The van der Waals surface area contributed by atoms with Gasteiger partial charge in [0.05, 0.1) is 12.8 Å². The van der Waals surface area contributed by atoms with Crippen LogP contribution in [0.25, 0.3) is 0 Å². The highest BCUT2D eigenvalue weighted by molar-refractivity contribution is 5.12. The number of hydrogen-bond donors (Lipinski definition) is 1. The third-order valence-corrected chi connectivity index (χ3v) is 3.26. The molecule has 1 N–H and O–H groups in total. The van der Waals surface area contributed by atoms with Gasteiger partial charge >= 0.3 is 0 Å². The SMILES string of the molecule is CCNCc1coc(CN(C)C(C)CC(C)C)c1. The van der Waals surface area contributed by atoms with Crippen molar-refractivity contribution in [2.45, 2.75) is 53.2 Å². The Labute approximate surface area is 112 Å². The van der Waals surface area contributed by atoms with Gasteiger partial charge in [0, 0.05) is 18.2 Å². The summed E-state index contributed by atoms with van der Waals surface area (Å²) in [7, 11) is 2.17. The van der Waals surface area contributed by atoms with Crippen LogP contribution in [0.4, 0.5) is 0 Å². The van der Waals surface area contributed by atoms with Crippen molar-refractivity contribution in [1.82, 2.24) is 10.2 Å². The summed E-state index contributed by atoms with van der Waals surface area (Å²) in [6, 6.07) is 2.74. The molecule has 1 aromatic rings. The molecule has 0 radical (unpaired) electrons. The molecule has 1 heterocycles. The molecular formula is C15H28N2O. The molecule has 104 valence electrons. The van der Waals surface area contributed by atoms with Crippen molar-refractivity contribution in [3.8, 4) is 0 Å². The second kappa shape index (κ2) is 7.59. The predicted molar refractivity (Wildman–Crippen MR) is 76.5 cm³/mol. The van der Waals surface area contributed by atoms with Gasteiger partial charge in [-0.1, -0.05) is 20.8 Å². The zero-order chi connectivity index (χ0) is 13.5. The van der Waals surface area contributed by atoms with Crippen LogP contribution in [-0.4, -0.2) is 24.5 Å². The molecule has 3 nitrogen and oxygen atoms in total. The van der Waals surface area contributed by atoms with E-state index in [0.29, 0.717) is 6.04 Å². The van der Waals surface area contributed by atoms with E-state index in [4.69, 9.17) is 4.42 Å². The molecule has 1 rings (SSSR count). The van der Waals surface area contributed by atoms with E-state index in [9.17, 15) is 0 Å².